The van der Waals surface area contributed by atoms with Gasteiger partial charge in [-0.1, -0.05) is 0 Å². The first kappa shape index (κ1) is 11.1. The quantitative estimate of drug-likeness (QED) is 0.859. The van der Waals surface area contributed by atoms with Gasteiger partial charge in [0.25, 0.3) is 5.91 Å². The summed E-state index contributed by atoms with van der Waals surface area (Å²) in [5.74, 6) is 0.0965. The SMILES string of the molecule is Cc1cc(C(=O)N2CC[C@H](N)C2)c(Br)s1. The van der Waals surface area contributed by atoms with Crippen molar-refractivity contribution >= 4 is 33.2 Å². The van der Waals surface area contributed by atoms with E-state index < -0.39 is 0 Å². The van der Waals surface area contributed by atoms with Crippen molar-refractivity contribution in [2.24, 2.45) is 5.73 Å². The molecule has 2 heterocycles. The van der Waals surface area contributed by atoms with Crippen LogP contribution in [0.4, 0.5) is 0 Å². The lowest BCUT2D eigenvalue weighted by Gasteiger charge is -2.14. The molecule has 2 N–H and O–H groups in total. The molecule has 1 aromatic rings. The van der Waals surface area contributed by atoms with Crippen molar-refractivity contribution in [3.63, 3.8) is 0 Å². The summed E-state index contributed by atoms with van der Waals surface area (Å²) in [4.78, 5) is 15.1. The van der Waals surface area contributed by atoms with Crippen LogP contribution in [0.3, 0.4) is 0 Å². The van der Waals surface area contributed by atoms with Gasteiger partial charge in [-0.3, -0.25) is 4.79 Å². The molecule has 0 unspecified atom stereocenters. The number of nitrogens with two attached hydrogens (primary N) is 1. The van der Waals surface area contributed by atoms with E-state index in [9.17, 15) is 4.79 Å². The van der Waals surface area contributed by atoms with E-state index in [2.05, 4.69) is 15.9 Å². The van der Waals surface area contributed by atoms with Crippen molar-refractivity contribution in [2.45, 2.75) is 19.4 Å². The Hall–Kier alpha value is -0.390. The third kappa shape index (κ3) is 2.24. The first-order chi connectivity index (χ1) is 7.08. The van der Waals surface area contributed by atoms with E-state index in [1.54, 1.807) is 11.3 Å². The summed E-state index contributed by atoms with van der Waals surface area (Å²) >= 11 is 5.01. The molecule has 0 spiro atoms. The van der Waals surface area contributed by atoms with Gasteiger partial charge in [0.15, 0.2) is 0 Å². The summed E-state index contributed by atoms with van der Waals surface area (Å²) < 4.78 is 0.922. The largest absolute Gasteiger partial charge is 0.337 e. The molecular weight excluding hydrogens is 276 g/mol. The fraction of sp³-hybridized carbons (Fsp3) is 0.500. The van der Waals surface area contributed by atoms with Crippen LogP contribution in [0.15, 0.2) is 9.85 Å². The van der Waals surface area contributed by atoms with Crippen molar-refractivity contribution in [3.8, 4) is 0 Å². The number of hydrogen-bond donors (Lipinski definition) is 1. The Morgan fingerprint density at radius 3 is 2.93 bits per heavy atom. The molecule has 5 heteroatoms. The number of aryl methyl sites for hydroxylation is 1. The number of carbonyl (C=O) groups is 1. The zero-order chi connectivity index (χ0) is 11.0. The second-order valence-corrected chi connectivity index (χ2v) is 6.42. The predicted molar refractivity (Wildman–Crippen MR) is 65.3 cm³/mol. The lowest BCUT2D eigenvalue weighted by Crippen LogP contribution is -2.31. The second-order valence-electron chi connectivity index (χ2n) is 3.84. The minimum atomic E-state index is 0.0965. The van der Waals surface area contributed by atoms with Crippen molar-refractivity contribution in [3.05, 3.63) is 20.3 Å². The van der Waals surface area contributed by atoms with Gasteiger partial charge in [0.1, 0.15) is 0 Å². The van der Waals surface area contributed by atoms with Crippen LogP contribution in [-0.4, -0.2) is 29.9 Å². The van der Waals surface area contributed by atoms with E-state index >= 15 is 0 Å². The van der Waals surface area contributed by atoms with E-state index in [-0.39, 0.29) is 11.9 Å². The standard InChI is InChI=1S/C10H13BrN2OS/c1-6-4-8(9(11)15-6)10(14)13-3-2-7(12)5-13/h4,7H,2-3,5,12H2,1H3/t7-/m0/s1. The summed E-state index contributed by atoms with van der Waals surface area (Å²) in [7, 11) is 0. The maximum Gasteiger partial charge on any atom is 0.255 e. The van der Waals surface area contributed by atoms with Gasteiger partial charge in [-0.15, -0.1) is 11.3 Å². The molecule has 1 aromatic heterocycles. The Kier molecular flexibility index (Phi) is 3.13. The zero-order valence-corrected chi connectivity index (χ0v) is 10.9. The molecule has 1 fully saturated rings. The number of rotatable bonds is 1. The first-order valence-electron chi connectivity index (χ1n) is 4.88. The van der Waals surface area contributed by atoms with Crippen LogP contribution in [0.25, 0.3) is 0 Å². The molecule has 1 aliphatic heterocycles. The van der Waals surface area contributed by atoms with Gasteiger partial charge in [0.05, 0.1) is 9.35 Å². The highest BCUT2D eigenvalue weighted by atomic mass is 79.9. The minimum Gasteiger partial charge on any atom is -0.337 e. The highest BCUT2D eigenvalue weighted by Crippen LogP contribution is 2.29. The number of likely N-dealkylation sites (tertiary alicyclic amines) is 1. The summed E-state index contributed by atoms with van der Waals surface area (Å²) in [6.45, 7) is 3.46. The highest BCUT2D eigenvalue weighted by Gasteiger charge is 2.26. The first-order valence-corrected chi connectivity index (χ1v) is 6.49. The van der Waals surface area contributed by atoms with E-state index in [0.29, 0.717) is 6.54 Å². The van der Waals surface area contributed by atoms with Crippen molar-refractivity contribution in [1.29, 1.82) is 0 Å². The average molecular weight is 289 g/mol. The number of nitrogens with zero attached hydrogens (tertiary/aromatic N) is 1. The van der Waals surface area contributed by atoms with Crippen molar-refractivity contribution in [1.82, 2.24) is 4.90 Å². The van der Waals surface area contributed by atoms with Crippen LogP contribution in [-0.2, 0) is 0 Å². The molecule has 3 nitrogen and oxygen atoms in total. The molecule has 1 aliphatic rings. The number of hydrogen-bond acceptors (Lipinski definition) is 3. The maximum absolute atomic E-state index is 12.1. The number of carbonyl (C=O) groups excluding carboxylic acids is 1. The smallest absolute Gasteiger partial charge is 0.255 e. The molecule has 15 heavy (non-hydrogen) atoms. The molecule has 0 saturated carbocycles. The average Bonchev–Trinajstić information content (AvgIpc) is 2.71. The van der Waals surface area contributed by atoms with Crippen LogP contribution >= 0.6 is 27.3 Å². The molecule has 1 amide bonds. The normalized spacial score (nSPS) is 21.0. The van der Waals surface area contributed by atoms with Gasteiger partial charge >= 0.3 is 0 Å². The third-order valence-corrected chi connectivity index (χ3v) is 4.30. The van der Waals surface area contributed by atoms with Gasteiger partial charge in [-0.05, 0) is 35.3 Å². The monoisotopic (exact) mass is 288 g/mol. The molecule has 0 bridgehead atoms. The fourth-order valence-electron chi connectivity index (χ4n) is 1.77. The Morgan fingerprint density at radius 1 is 1.73 bits per heavy atom. The van der Waals surface area contributed by atoms with Crippen molar-refractivity contribution < 1.29 is 4.79 Å². The maximum atomic E-state index is 12.1. The van der Waals surface area contributed by atoms with Crippen LogP contribution in [0.5, 0.6) is 0 Å². The Morgan fingerprint density at radius 2 is 2.47 bits per heavy atom. The molecule has 2 rings (SSSR count). The van der Waals surface area contributed by atoms with Gasteiger partial charge in [0, 0.05) is 24.0 Å². The minimum absolute atomic E-state index is 0.0965. The second kappa shape index (κ2) is 4.23. The Labute approximate surface area is 101 Å². The molecule has 0 aliphatic carbocycles. The molecule has 0 radical (unpaired) electrons. The zero-order valence-electron chi connectivity index (χ0n) is 8.50. The van der Waals surface area contributed by atoms with Gasteiger partial charge in [0.2, 0.25) is 0 Å². The highest BCUT2D eigenvalue weighted by molar-refractivity contribution is 9.11. The Bertz CT molecular complexity index is 391. The summed E-state index contributed by atoms with van der Waals surface area (Å²) in [6, 6.07) is 2.08. The molecule has 82 valence electrons. The number of amides is 1. The van der Waals surface area contributed by atoms with Crippen LogP contribution < -0.4 is 5.73 Å². The van der Waals surface area contributed by atoms with E-state index in [1.165, 1.54) is 0 Å². The number of halogens is 1. The summed E-state index contributed by atoms with van der Waals surface area (Å²) in [5, 5.41) is 0. The van der Waals surface area contributed by atoms with E-state index in [0.717, 1.165) is 27.2 Å². The molecule has 1 atom stereocenters. The van der Waals surface area contributed by atoms with Crippen LogP contribution in [0.2, 0.25) is 0 Å². The fourth-order valence-corrected chi connectivity index (χ4v) is 3.54. The van der Waals surface area contributed by atoms with Crippen LogP contribution in [0, 0.1) is 6.92 Å². The van der Waals surface area contributed by atoms with Crippen molar-refractivity contribution in [2.75, 3.05) is 13.1 Å². The van der Waals surface area contributed by atoms with Gasteiger partial charge < -0.3 is 10.6 Å². The van der Waals surface area contributed by atoms with E-state index in [1.807, 2.05) is 17.9 Å². The Balaban J connectivity index is 2.17. The lowest BCUT2D eigenvalue weighted by atomic mass is 10.3. The summed E-state index contributed by atoms with van der Waals surface area (Å²) in [5.41, 5.74) is 6.55. The summed E-state index contributed by atoms with van der Waals surface area (Å²) in [6.07, 6.45) is 0.909. The van der Waals surface area contributed by atoms with Gasteiger partial charge in [-0.2, -0.15) is 0 Å². The number of thiophene rings is 1. The van der Waals surface area contributed by atoms with Gasteiger partial charge in [-0.25, -0.2) is 0 Å². The molecule has 0 aromatic carbocycles. The molecule has 1 saturated heterocycles. The predicted octanol–water partition coefficient (Wildman–Crippen LogP) is 1.99. The lowest BCUT2D eigenvalue weighted by molar-refractivity contribution is 0.0790. The topological polar surface area (TPSA) is 46.3 Å². The van der Waals surface area contributed by atoms with Crippen LogP contribution in [0.1, 0.15) is 21.7 Å². The van der Waals surface area contributed by atoms with E-state index in [4.69, 9.17) is 5.73 Å². The third-order valence-electron chi connectivity index (χ3n) is 2.55. The molecular formula is C10H13BrN2OS.